The van der Waals surface area contributed by atoms with Gasteiger partial charge in [-0.1, -0.05) is 24.4 Å². The molecule has 1 saturated heterocycles. The predicted octanol–water partition coefficient (Wildman–Crippen LogP) is 4.84. The maximum absolute atomic E-state index is 12.1. The Morgan fingerprint density at radius 3 is 2.62 bits per heavy atom. The molecule has 8 heteroatoms. The minimum absolute atomic E-state index is 0.0574. The summed E-state index contributed by atoms with van der Waals surface area (Å²) < 4.78 is 0.581. The molecule has 0 unspecified atom stereocenters. The van der Waals surface area contributed by atoms with E-state index in [1.54, 1.807) is 12.1 Å². The molecule has 26 heavy (non-hydrogen) atoms. The number of thiophene rings is 1. The van der Waals surface area contributed by atoms with E-state index in [0.717, 1.165) is 25.3 Å². The zero-order chi connectivity index (χ0) is 18.4. The zero-order valence-electron chi connectivity index (χ0n) is 14.5. The molecule has 1 fully saturated rings. The number of halogens is 1. The zero-order valence-corrected chi connectivity index (χ0v) is 16.9. The standard InChI is InChI=1S/C18H22ClN3O2S2/c19-16-7-6-15(26-16)14(23)5-8-17(24)21-18-20-13(12-25-18)11-22-9-3-1-2-4-10-22/h6-7,12H,1-5,8-11H2,(H,20,21,24). The van der Waals surface area contributed by atoms with Gasteiger partial charge >= 0.3 is 0 Å². The van der Waals surface area contributed by atoms with Gasteiger partial charge in [0.25, 0.3) is 0 Å². The second-order valence-electron chi connectivity index (χ2n) is 6.41. The molecule has 0 saturated carbocycles. The van der Waals surface area contributed by atoms with Gasteiger partial charge in [-0.3, -0.25) is 14.5 Å². The fourth-order valence-corrected chi connectivity index (χ4v) is 4.68. The highest BCUT2D eigenvalue weighted by Gasteiger charge is 2.14. The molecular formula is C18H22ClN3O2S2. The number of ketones is 1. The molecule has 0 radical (unpaired) electrons. The quantitative estimate of drug-likeness (QED) is 0.662. The summed E-state index contributed by atoms with van der Waals surface area (Å²) in [5, 5.41) is 5.40. The number of carbonyl (C=O) groups is 2. The van der Waals surface area contributed by atoms with Gasteiger partial charge in [0.2, 0.25) is 5.91 Å². The highest BCUT2D eigenvalue weighted by atomic mass is 35.5. The van der Waals surface area contributed by atoms with E-state index in [-0.39, 0.29) is 24.5 Å². The van der Waals surface area contributed by atoms with Gasteiger partial charge in [0.05, 0.1) is 14.9 Å². The fourth-order valence-electron chi connectivity index (χ4n) is 2.96. The van der Waals surface area contributed by atoms with E-state index in [9.17, 15) is 9.59 Å². The number of anilines is 1. The van der Waals surface area contributed by atoms with E-state index >= 15 is 0 Å². The number of rotatable bonds is 7. The molecule has 0 spiro atoms. The highest BCUT2D eigenvalue weighted by Crippen LogP contribution is 2.23. The Bertz CT molecular complexity index is 751. The number of hydrogen-bond donors (Lipinski definition) is 1. The molecule has 0 aromatic carbocycles. The average Bonchev–Trinajstić information content (AvgIpc) is 3.15. The monoisotopic (exact) mass is 411 g/mol. The van der Waals surface area contributed by atoms with Gasteiger partial charge in [-0.2, -0.15) is 0 Å². The predicted molar refractivity (Wildman–Crippen MR) is 107 cm³/mol. The van der Waals surface area contributed by atoms with E-state index in [1.807, 2.05) is 5.38 Å². The smallest absolute Gasteiger partial charge is 0.226 e. The highest BCUT2D eigenvalue weighted by molar-refractivity contribution is 7.18. The number of carbonyl (C=O) groups excluding carboxylic acids is 2. The van der Waals surface area contributed by atoms with Crippen LogP contribution in [0, 0.1) is 0 Å². The van der Waals surface area contributed by atoms with Crippen molar-refractivity contribution in [1.82, 2.24) is 9.88 Å². The summed E-state index contributed by atoms with van der Waals surface area (Å²) >= 11 is 8.51. The van der Waals surface area contributed by atoms with Gasteiger partial charge < -0.3 is 5.32 Å². The van der Waals surface area contributed by atoms with Crippen LogP contribution in [0.1, 0.15) is 53.9 Å². The number of Topliss-reactive ketones (excluding diaryl/α,β-unsaturated/α-hetero) is 1. The van der Waals surface area contributed by atoms with Crippen molar-refractivity contribution in [2.45, 2.75) is 45.1 Å². The number of hydrogen-bond acceptors (Lipinski definition) is 6. The van der Waals surface area contributed by atoms with Crippen LogP contribution in [0.2, 0.25) is 4.34 Å². The number of thiazole rings is 1. The van der Waals surface area contributed by atoms with Crippen LogP contribution >= 0.6 is 34.3 Å². The van der Waals surface area contributed by atoms with Crippen LogP contribution in [0.3, 0.4) is 0 Å². The van der Waals surface area contributed by atoms with E-state index in [2.05, 4.69) is 15.2 Å². The molecule has 1 amide bonds. The van der Waals surface area contributed by atoms with Gasteiger partial charge in [-0.15, -0.1) is 22.7 Å². The first-order chi connectivity index (χ1) is 12.6. The lowest BCUT2D eigenvalue weighted by atomic mass is 10.2. The summed E-state index contributed by atoms with van der Waals surface area (Å²) in [4.78, 5) is 31.6. The number of aromatic nitrogens is 1. The third-order valence-corrected chi connectivity index (χ3v) is 6.39. The van der Waals surface area contributed by atoms with E-state index in [0.29, 0.717) is 14.3 Å². The van der Waals surface area contributed by atoms with Crippen LogP contribution in [0.25, 0.3) is 0 Å². The summed E-state index contributed by atoms with van der Waals surface area (Å²) in [6, 6.07) is 3.39. The first-order valence-electron chi connectivity index (χ1n) is 8.85. The Labute approximate surface area is 166 Å². The maximum atomic E-state index is 12.1. The first kappa shape index (κ1) is 19.5. The molecule has 140 valence electrons. The van der Waals surface area contributed by atoms with E-state index < -0.39 is 0 Å². The molecule has 0 aliphatic carbocycles. The molecule has 3 heterocycles. The number of likely N-dealkylation sites (tertiary alicyclic amines) is 1. The van der Waals surface area contributed by atoms with Crippen molar-refractivity contribution in [1.29, 1.82) is 0 Å². The summed E-state index contributed by atoms with van der Waals surface area (Å²) in [6.07, 6.45) is 5.44. The van der Waals surface area contributed by atoms with Crippen molar-refractivity contribution in [3.05, 3.63) is 32.4 Å². The Morgan fingerprint density at radius 2 is 1.92 bits per heavy atom. The normalized spacial score (nSPS) is 15.6. The minimum Gasteiger partial charge on any atom is -0.302 e. The lowest BCUT2D eigenvalue weighted by Gasteiger charge is -2.17. The molecule has 2 aromatic heterocycles. The van der Waals surface area contributed by atoms with Gasteiger partial charge in [0, 0.05) is 24.8 Å². The van der Waals surface area contributed by atoms with E-state index in [1.165, 1.54) is 48.4 Å². The fraction of sp³-hybridized carbons (Fsp3) is 0.500. The topological polar surface area (TPSA) is 62.3 Å². The van der Waals surface area contributed by atoms with Crippen LogP contribution in [0.4, 0.5) is 5.13 Å². The van der Waals surface area contributed by atoms with Gasteiger partial charge in [-0.05, 0) is 38.1 Å². The first-order valence-corrected chi connectivity index (χ1v) is 10.9. The second-order valence-corrected chi connectivity index (χ2v) is 8.98. The van der Waals surface area contributed by atoms with Crippen LogP contribution in [-0.4, -0.2) is 34.7 Å². The Balaban J connectivity index is 1.44. The third kappa shape index (κ3) is 5.87. The van der Waals surface area contributed by atoms with Crippen molar-refractivity contribution < 1.29 is 9.59 Å². The molecule has 1 aliphatic heterocycles. The van der Waals surface area contributed by atoms with Crippen LogP contribution in [-0.2, 0) is 11.3 Å². The molecular weight excluding hydrogens is 390 g/mol. The largest absolute Gasteiger partial charge is 0.302 e. The lowest BCUT2D eigenvalue weighted by molar-refractivity contribution is -0.116. The summed E-state index contributed by atoms with van der Waals surface area (Å²) in [6.45, 7) is 3.08. The van der Waals surface area contributed by atoms with E-state index in [4.69, 9.17) is 11.6 Å². The minimum atomic E-state index is -0.184. The molecule has 5 nitrogen and oxygen atoms in total. The lowest BCUT2D eigenvalue weighted by Crippen LogP contribution is -2.24. The molecule has 1 N–H and O–H groups in total. The van der Waals surface area contributed by atoms with Crippen molar-refractivity contribution in [2.24, 2.45) is 0 Å². The average molecular weight is 412 g/mol. The van der Waals surface area contributed by atoms with Gasteiger partial charge in [0.1, 0.15) is 0 Å². The maximum Gasteiger partial charge on any atom is 0.226 e. The summed E-state index contributed by atoms with van der Waals surface area (Å²) in [5.41, 5.74) is 0.997. The third-order valence-electron chi connectivity index (χ3n) is 4.31. The Kier molecular flexibility index (Phi) is 7.19. The number of nitrogens with one attached hydrogen (secondary N) is 1. The van der Waals surface area contributed by atoms with Crippen LogP contribution in [0.15, 0.2) is 17.5 Å². The Morgan fingerprint density at radius 1 is 1.15 bits per heavy atom. The van der Waals surface area contributed by atoms with Gasteiger partial charge in [-0.25, -0.2) is 4.98 Å². The van der Waals surface area contributed by atoms with Crippen molar-refractivity contribution in [3.8, 4) is 0 Å². The molecule has 1 aliphatic rings. The SMILES string of the molecule is O=C(CCC(=O)c1ccc(Cl)s1)Nc1nc(CN2CCCCCC2)cs1. The van der Waals surface area contributed by atoms with Crippen molar-refractivity contribution in [3.63, 3.8) is 0 Å². The second kappa shape index (κ2) is 9.60. The molecule has 0 atom stereocenters. The molecule has 2 aromatic rings. The van der Waals surface area contributed by atoms with Crippen molar-refractivity contribution >= 4 is 51.1 Å². The number of amides is 1. The van der Waals surface area contributed by atoms with Gasteiger partial charge in [0.15, 0.2) is 10.9 Å². The number of nitrogens with zero attached hydrogens (tertiary/aromatic N) is 2. The molecule has 3 rings (SSSR count). The Hall–Kier alpha value is -1.28. The molecule has 0 bridgehead atoms. The van der Waals surface area contributed by atoms with Crippen LogP contribution in [0.5, 0.6) is 0 Å². The van der Waals surface area contributed by atoms with Crippen LogP contribution < -0.4 is 5.32 Å². The summed E-state index contributed by atoms with van der Waals surface area (Å²) in [7, 11) is 0. The van der Waals surface area contributed by atoms with Crippen molar-refractivity contribution in [2.75, 3.05) is 18.4 Å². The summed E-state index contributed by atoms with van der Waals surface area (Å²) in [5.74, 6) is -0.241.